The van der Waals surface area contributed by atoms with Gasteiger partial charge in [0.1, 0.15) is 0 Å². The molecule has 1 saturated heterocycles. The monoisotopic (exact) mass is 246 g/mol. The van der Waals surface area contributed by atoms with Gasteiger partial charge in [0.15, 0.2) is 0 Å². The second-order valence-electron chi connectivity index (χ2n) is 4.05. The number of hydrogen-bond donors (Lipinski definition) is 1. The molecular weight excluding hydrogens is 224 g/mol. The summed E-state index contributed by atoms with van der Waals surface area (Å²) in [6, 6.07) is 0. The van der Waals surface area contributed by atoms with Crippen LogP contribution in [0.3, 0.4) is 0 Å². The number of nitrogens with one attached hydrogen (secondary N) is 1. The summed E-state index contributed by atoms with van der Waals surface area (Å²) in [5.74, 6) is 1.52. The number of hydrogen-bond acceptors (Lipinski definition) is 3. The normalized spacial score (nSPS) is 18.4. The number of nitrogens with zero attached hydrogens (tertiary/aromatic N) is 1. The third-order valence-corrected chi connectivity index (χ3v) is 4.12. The van der Waals surface area contributed by atoms with Crippen molar-refractivity contribution in [3.05, 3.63) is 0 Å². The number of amides is 1. The number of piperidine rings is 1. The van der Waals surface area contributed by atoms with E-state index in [0.29, 0.717) is 24.6 Å². The zero-order valence-corrected chi connectivity index (χ0v) is 10.9. The second kappa shape index (κ2) is 7.79. The molecule has 0 saturated carbocycles. The van der Waals surface area contributed by atoms with Crippen molar-refractivity contribution in [1.29, 1.82) is 0 Å². The van der Waals surface area contributed by atoms with Crippen LogP contribution in [0.5, 0.6) is 0 Å². The fraction of sp³-hybridized carbons (Fsp3) is 0.909. The lowest BCUT2D eigenvalue weighted by atomic mass is 10.1. The van der Waals surface area contributed by atoms with Crippen LogP contribution in [0.1, 0.15) is 26.2 Å². The van der Waals surface area contributed by atoms with E-state index in [2.05, 4.69) is 5.32 Å². The Morgan fingerprint density at radius 1 is 1.31 bits per heavy atom. The first-order valence-electron chi connectivity index (χ1n) is 6.07. The third kappa shape index (κ3) is 5.07. The first-order chi connectivity index (χ1) is 7.74. The van der Waals surface area contributed by atoms with Crippen molar-refractivity contribution in [2.45, 2.75) is 26.2 Å². The van der Waals surface area contributed by atoms with Gasteiger partial charge in [-0.3, -0.25) is 9.00 Å². The molecule has 1 aliphatic rings. The molecule has 0 bridgehead atoms. The van der Waals surface area contributed by atoms with Gasteiger partial charge in [0.25, 0.3) is 0 Å². The molecule has 0 aliphatic carbocycles. The second-order valence-corrected chi connectivity index (χ2v) is 5.92. The summed E-state index contributed by atoms with van der Waals surface area (Å²) in [4.78, 5) is 13.6. The first-order valence-corrected chi connectivity index (χ1v) is 7.56. The molecule has 0 spiro atoms. The van der Waals surface area contributed by atoms with Crippen molar-refractivity contribution >= 4 is 16.7 Å². The Kier molecular flexibility index (Phi) is 6.64. The standard InChI is InChI=1S/C11H22N2O2S/c1-2-16(15)9-6-12-10-11(14)13-7-4-3-5-8-13/h12H,2-10H2,1H3. The summed E-state index contributed by atoms with van der Waals surface area (Å²) in [6.45, 7) is 4.78. The maximum absolute atomic E-state index is 11.7. The quantitative estimate of drug-likeness (QED) is 0.688. The molecule has 0 radical (unpaired) electrons. The van der Waals surface area contributed by atoms with Crippen LogP contribution < -0.4 is 5.32 Å². The Morgan fingerprint density at radius 3 is 2.62 bits per heavy atom. The van der Waals surface area contributed by atoms with Gasteiger partial charge in [-0.25, -0.2) is 0 Å². The molecule has 1 atom stereocenters. The highest BCUT2D eigenvalue weighted by atomic mass is 32.2. The Labute approximate surface area is 100 Å². The van der Waals surface area contributed by atoms with Crippen molar-refractivity contribution in [2.75, 3.05) is 37.7 Å². The molecule has 0 aromatic heterocycles. The van der Waals surface area contributed by atoms with Gasteiger partial charge < -0.3 is 10.2 Å². The molecule has 1 amide bonds. The molecule has 1 aliphatic heterocycles. The molecule has 5 heteroatoms. The van der Waals surface area contributed by atoms with E-state index in [0.717, 1.165) is 25.9 Å². The van der Waals surface area contributed by atoms with E-state index >= 15 is 0 Å². The maximum Gasteiger partial charge on any atom is 0.236 e. The first kappa shape index (κ1) is 13.6. The summed E-state index contributed by atoms with van der Waals surface area (Å²) in [5.41, 5.74) is 0. The summed E-state index contributed by atoms with van der Waals surface area (Å²) in [6.07, 6.45) is 3.50. The minimum atomic E-state index is -0.734. The smallest absolute Gasteiger partial charge is 0.236 e. The SMILES string of the molecule is CCS(=O)CCNCC(=O)N1CCCCC1. The van der Waals surface area contributed by atoms with Crippen molar-refractivity contribution in [3.63, 3.8) is 0 Å². The Hall–Kier alpha value is -0.420. The van der Waals surface area contributed by atoms with Crippen molar-refractivity contribution < 1.29 is 9.00 Å². The van der Waals surface area contributed by atoms with Gasteiger partial charge in [0, 0.05) is 41.9 Å². The topological polar surface area (TPSA) is 49.4 Å². The molecule has 16 heavy (non-hydrogen) atoms. The number of carbonyl (C=O) groups excluding carboxylic acids is 1. The van der Waals surface area contributed by atoms with Crippen LogP contribution >= 0.6 is 0 Å². The molecule has 94 valence electrons. The molecule has 1 unspecified atom stereocenters. The fourth-order valence-electron chi connectivity index (χ4n) is 1.78. The molecule has 1 rings (SSSR count). The highest BCUT2D eigenvalue weighted by Gasteiger charge is 2.15. The lowest BCUT2D eigenvalue weighted by Crippen LogP contribution is -2.41. The van der Waals surface area contributed by atoms with E-state index in [1.807, 2.05) is 11.8 Å². The number of likely N-dealkylation sites (tertiary alicyclic amines) is 1. The number of carbonyl (C=O) groups is 1. The lowest BCUT2D eigenvalue weighted by molar-refractivity contribution is -0.131. The van der Waals surface area contributed by atoms with E-state index in [1.165, 1.54) is 6.42 Å². The molecular formula is C11H22N2O2S. The number of rotatable bonds is 6. The summed E-state index contributed by atoms with van der Waals surface area (Å²) in [5, 5.41) is 3.06. The van der Waals surface area contributed by atoms with Gasteiger partial charge in [-0.05, 0) is 19.3 Å². The average molecular weight is 246 g/mol. The van der Waals surface area contributed by atoms with E-state index in [4.69, 9.17) is 0 Å². The van der Waals surface area contributed by atoms with Crippen LogP contribution in [0.15, 0.2) is 0 Å². The summed E-state index contributed by atoms with van der Waals surface area (Å²) in [7, 11) is -0.734. The maximum atomic E-state index is 11.7. The zero-order chi connectivity index (χ0) is 11.8. The zero-order valence-electron chi connectivity index (χ0n) is 10.0. The van der Waals surface area contributed by atoms with Crippen LogP contribution in [0.2, 0.25) is 0 Å². The summed E-state index contributed by atoms with van der Waals surface area (Å²) >= 11 is 0. The molecule has 0 aromatic carbocycles. The Balaban J connectivity index is 2.07. The van der Waals surface area contributed by atoms with Crippen molar-refractivity contribution in [2.24, 2.45) is 0 Å². The van der Waals surface area contributed by atoms with Gasteiger partial charge in [0.05, 0.1) is 6.54 Å². The Morgan fingerprint density at radius 2 is 2.00 bits per heavy atom. The van der Waals surface area contributed by atoms with Crippen LogP contribution in [0.4, 0.5) is 0 Å². The fourth-order valence-corrected chi connectivity index (χ4v) is 2.44. The lowest BCUT2D eigenvalue weighted by Gasteiger charge is -2.26. The van der Waals surface area contributed by atoms with E-state index in [1.54, 1.807) is 0 Å². The Bertz CT molecular complexity index is 240. The molecule has 1 heterocycles. The van der Waals surface area contributed by atoms with E-state index in [9.17, 15) is 9.00 Å². The summed E-state index contributed by atoms with van der Waals surface area (Å²) < 4.78 is 11.1. The van der Waals surface area contributed by atoms with Crippen LogP contribution in [-0.4, -0.2) is 52.7 Å². The minimum absolute atomic E-state index is 0.182. The van der Waals surface area contributed by atoms with Gasteiger partial charge in [-0.15, -0.1) is 0 Å². The van der Waals surface area contributed by atoms with Crippen LogP contribution in [-0.2, 0) is 15.6 Å². The van der Waals surface area contributed by atoms with E-state index in [-0.39, 0.29) is 5.91 Å². The highest BCUT2D eigenvalue weighted by molar-refractivity contribution is 7.84. The van der Waals surface area contributed by atoms with Gasteiger partial charge in [-0.1, -0.05) is 6.92 Å². The van der Waals surface area contributed by atoms with Crippen molar-refractivity contribution in [3.8, 4) is 0 Å². The largest absolute Gasteiger partial charge is 0.342 e. The minimum Gasteiger partial charge on any atom is -0.342 e. The van der Waals surface area contributed by atoms with Crippen LogP contribution in [0, 0.1) is 0 Å². The third-order valence-electron chi connectivity index (χ3n) is 2.81. The van der Waals surface area contributed by atoms with Gasteiger partial charge >= 0.3 is 0 Å². The van der Waals surface area contributed by atoms with E-state index < -0.39 is 10.8 Å². The molecule has 0 aromatic rings. The molecule has 1 N–H and O–H groups in total. The predicted octanol–water partition coefficient (Wildman–Crippen LogP) is 0.357. The average Bonchev–Trinajstić information content (AvgIpc) is 2.35. The highest BCUT2D eigenvalue weighted by Crippen LogP contribution is 2.07. The van der Waals surface area contributed by atoms with Crippen LogP contribution in [0.25, 0.3) is 0 Å². The molecule has 4 nitrogen and oxygen atoms in total. The predicted molar refractivity (Wildman–Crippen MR) is 66.9 cm³/mol. The van der Waals surface area contributed by atoms with Crippen molar-refractivity contribution in [1.82, 2.24) is 10.2 Å². The van der Waals surface area contributed by atoms with Gasteiger partial charge in [0.2, 0.25) is 5.91 Å². The van der Waals surface area contributed by atoms with Gasteiger partial charge in [-0.2, -0.15) is 0 Å². The molecule has 1 fully saturated rings.